The zero-order chi connectivity index (χ0) is 15.6. The molecule has 21 heavy (non-hydrogen) atoms. The van der Waals surface area contributed by atoms with Crippen molar-refractivity contribution < 1.29 is 19.1 Å². The van der Waals surface area contributed by atoms with Gasteiger partial charge in [-0.2, -0.15) is 0 Å². The van der Waals surface area contributed by atoms with Crippen molar-refractivity contribution in [3.8, 4) is 0 Å². The van der Waals surface area contributed by atoms with E-state index in [1.165, 1.54) is 12.1 Å². The van der Waals surface area contributed by atoms with Crippen LogP contribution >= 0.6 is 0 Å². The second-order valence-electron chi connectivity index (χ2n) is 5.07. The van der Waals surface area contributed by atoms with Gasteiger partial charge in [-0.05, 0) is 25.1 Å². The molecule has 6 nitrogen and oxygen atoms in total. The summed E-state index contributed by atoms with van der Waals surface area (Å²) in [7, 11) is 0. The number of primary amides is 1. The Bertz CT molecular complexity index is 556. The van der Waals surface area contributed by atoms with E-state index in [2.05, 4.69) is 0 Å². The third-order valence-corrected chi connectivity index (χ3v) is 3.79. The minimum Gasteiger partial charge on any atom is -0.480 e. The van der Waals surface area contributed by atoms with Crippen molar-refractivity contribution in [3.05, 3.63) is 29.6 Å². The normalized spacial score (nSPS) is 17.5. The summed E-state index contributed by atoms with van der Waals surface area (Å²) >= 11 is 0. The van der Waals surface area contributed by atoms with Crippen LogP contribution in [0, 0.1) is 5.82 Å². The summed E-state index contributed by atoms with van der Waals surface area (Å²) in [4.78, 5) is 25.6. The Kier molecular flexibility index (Phi) is 4.42. The van der Waals surface area contributed by atoms with E-state index in [0.29, 0.717) is 31.9 Å². The lowest BCUT2D eigenvalue weighted by molar-refractivity contribution is -0.142. The van der Waals surface area contributed by atoms with E-state index in [-0.39, 0.29) is 5.56 Å². The largest absolute Gasteiger partial charge is 0.480 e. The predicted molar refractivity (Wildman–Crippen MR) is 75.8 cm³/mol. The number of nitrogens with two attached hydrogens (primary N) is 1. The average Bonchev–Trinajstić information content (AvgIpc) is 2.46. The van der Waals surface area contributed by atoms with Gasteiger partial charge in [0.05, 0.1) is 5.69 Å². The molecule has 0 radical (unpaired) electrons. The highest BCUT2D eigenvalue weighted by molar-refractivity contribution is 5.93. The number of hydrogen-bond acceptors (Lipinski definition) is 4. The topological polar surface area (TPSA) is 86.9 Å². The van der Waals surface area contributed by atoms with Gasteiger partial charge in [0.25, 0.3) is 0 Å². The van der Waals surface area contributed by atoms with E-state index in [1.807, 2.05) is 9.80 Å². The molecule has 0 saturated carbocycles. The average molecular weight is 295 g/mol. The number of anilines is 1. The number of rotatable bonds is 4. The Morgan fingerprint density at radius 1 is 1.29 bits per heavy atom. The number of carboxylic acids is 1. The number of carbonyl (C=O) groups is 2. The minimum absolute atomic E-state index is 0.134. The van der Waals surface area contributed by atoms with Crippen LogP contribution in [0.15, 0.2) is 18.2 Å². The Morgan fingerprint density at radius 2 is 1.90 bits per heavy atom. The number of halogens is 1. The Balaban J connectivity index is 2.05. The molecule has 1 aromatic carbocycles. The molecule has 7 heteroatoms. The molecule has 1 aromatic rings. The third-order valence-electron chi connectivity index (χ3n) is 3.79. The number of carbonyl (C=O) groups excluding carboxylic acids is 1. The summed E-state index contributed by atoms with van der Waals surface area (Å²) in [5.74, 6) is -2.02. The number of benzene rings is 1. The molecule has 1 amide bonds. The summed E-state index contributed by atoms with van der Waals surface area (Å²) in [6, 6.07) is 3.61. The van der Waals surface area contributed by atoms with Crippen LogP contribution < -0.4 is 10.6 Å². The number of hydrogen-bond donors (Lipinski definition) is 2. The van der Waals surface area contributed by atoms with E-state index in [9.17, 15) is 14.0 Å². The first-order valence-corrected chi connectivity index (χ1v) is 6.71. The third kappa shape index (κ3) is 3.30. The van der Waals surface area contributed by atoms with Crippen molar-refractivity contribution in [1.29, 1.82) is 0 Å². The second kappa shape index (κ2) is 6.09. The van der Waals surface area contributed by atoms with Gasteiger partial charge in [0.15, 0.2) is 0 Å². The molecular formula is C14H18FN3O3. The molecule has 1 fully saturated rings. The Morgan fingerprint density at radius 3 is 2.38 bits per heavy atom. The molecule has 1 atom stereocenters. The lowest BCUT2D eigenvalue weighted by atomic mass is 10.1. The smallest absolute Gasteiger partial charge is 0.320 e. The summed E-state index contributed by atoms with van der Waals surface area (Å²) in [6.45, 7) is 3.80. The number of aliphatic carboxylic acids is 1. The van der Waals surface area contributed by atoms with Gasteiger partial charge in [-0.1, -0.05) is 0 Å². The van der Waals surface area contributed by atoms with Crippen molar-refractivity contribution in [2.45, 2.75) is 13.0 Å². The van der Waals surface area contributed by atoms with E-state index in [1.54, 1.807) is 6.92 Å². The molecule has 0 bridgehead atoms. The molecule has 1 saturated heterocycles. The molecule has 1 heterocycles. The van der Waals surface area contributed by atoms with Gasteiger partial charge in [0, 0.05) is 31.7 Å². The summed E-state index contributed by atoms with van der Waals surface area (Å²) in [6.07, 6.45) is 0. The molecule has 2 rings (SSSR count). The van der Waals surface area contributed by atoms with Crippen LogP contribution in [0.1, 0.15) is 17.3 Å². The molecular weight excluding hydrogens is 277 g/mol. The molecule has 0 spiro atoms. The number of piperazine rings is 1. The van der Waals surface area contributed by atoms with Gasteiger partial charge < -0.3 is 15.7 Å². The molecule has 3 N–H and O–H groups in total. The highest BCUT2D eigenvalue weighted by atomic mass is 19.1. The van der Waals surface area contributed by atoms with E-state index < -0.39 is 23.7 Å². The highest BCUT2D eigenvalue weighted by Crippen LogP contribution is 2.22. The number of amides is 1. The molecule has 1 aliphatic heterocycles. The van der Waals surface area contributed by atoms with Crippen molar-refractivity contribution in [2.24, 2.45) is 5.73 Å². The van der Waals surface area contributed by atoms with Crippen molar-refractivity contribution >= 4 is 17.6 Å². The Hall–Kier alpha value is -2.15. The summed E-state index contributed by atoms with van der Waals surface area (Å²) in [5, 5.41) is 8.98. The number of nitrogens with zero attached hydrogens (tertiary/aromatic N) is 2. The van der Waals surface area contributed by atoms with Crippen LogP contribution in [-0.2, 0) is 4.79 Å². The highest BCUT2D eigenvalue weighted by Gasteiger charge is 2.26. The second-order valence-corrected chi connectivity index (χ2v) is 5.07. The number of carboxylic acid groups (broad SMARTS) is 1. The minimum atomic E-state index is -0.861. The zero-order valence-corrected chi connectivity index (χ0v) is 11.8. The maximum absolute atomic E-state index is 14.0. The maximum atomic E-state index is 14.0. The first-order chi connectivity index (χ1) is 9.90. The monoisotopic (exact) mass is 295 g/mol. The summed E-state index contributed by atoms with van der Waals surface area (Å²) in [5.41, 5.74) is 5.65. The standard InChI is InChI=1S/C14H18FN3O3/c1-9(14(20)21)17-4-6-18(7-5-17)12-3-2-10(13(16)19)8-11(12)15/h2-3,8-9H,4-7H2,1H3,(H2,16,19)(H,20,21). The van der Waals surface area contributed by atoms with Crippen LogP contribution in [0.4, 0.5) is 10.1 Å². The fourth-order valence-electron chi connectivity index (χ4n) is 2.42. The maximum Gasteiger partial charge on any atom is 0.320 e. The van der Waals surface area contributed by atoms with Gasteiger partial charge in [-0.25, -0.2) is 4.39 Å². The van der Waals surface area contributed by atoms with Gasteiger partial charge in [-0.3, -0.25) is 14.5 Å². The van der Waals surface area contributed by atoms with Gasteiger partial charge in [-0.15, -0.1) is 0 Å². The van der Waals surface area contributed by atoms with Gasteiger partial charge >= 0.3 is 5.97 Å². The first-order valence-electron chi connectivity index (χ1n) is 6.71. The van der Waals surface area contributed by atoms with Gasteiger partial charge in [0.1, 0.15) is 11.9 Å². The van der Waals surface area contributed by atoms with Crippen molar-refractivity contribution in [1.82, 2.24) is 4.90 Å². The quantitative estimate of drug-likeness (QED) is 0.845. The van der Waals surface area contributed by atoms with E-state index >= 15 is 0 Å². The van der Waals surface area contributed by atoms with Crippen molar-refractivity contribution in [3.63, 3.8) is 0 Å². The van der Waals surface area contributed by atoms with Crippen LogP contribution in [-0.4, -0.2) is 54.1 Å². The zero-order valence-electron chi connectivity index (χ0n) is 11.8. The van der Waals surface area contributed by atoms with E-state index in [0.717, 1.165) is 6.07 Å². The molecule has 1 aliphatic rings. The van der Waals surface area contributed by atoms with E-state index in [4.69, 9.17) is 10.8 Å². The van der Waals surface area contributed by atoms with Crippen LogP contribution in [0.5, 0.6) is 0 Å². The fourth-order valence-corrected chi connectivity index (χ4v) is 2.42. The van der Waals surface area contributed by atoms with Crippen molar-refractivity contribution in [2.75, 3.05) is 31.1 Å². The predicted octanol–water partition coefficient (Wildman–Crippen LogP) is 0.520. The van der Waals surface area contributed by atoms with Gasteiger partial charge in [0.2, 0.25) is 5.91 Å². The SMILES string of the molecule is CC(C(=O)O)N1CCN(c2ccc(C(N)=O)cc2F)CC1. The van der Waals surface area contributed by atoms with Crippen LogP contribution in [0.2, 0.25) is 0 Å². The fraction of sp³-hybridized carbons (Fsp3) is 0.429. The molecule has 114 valence electrons. The van der Waals surface area contributed by atoms with Crippen LogP contribution in [0.3, 0.4) is 0 Å². The molecule has 0 aromatic heterocycles. The first kappa shape index (κ1) is 15.2. The lowest BCUT2D eigenvalue weighted by Gasteiger charge is -2.37. The van der Waals surface area contributed by atoms with Crippen LogP contribution in [0.25, 0.3) is 0 Å². The summed E-state index contributed by atoms with van der Waals surface area (Å²) < 4.78 is 14.0. The molecule has 1 unspecified atom stereocenters. The molecule has 0 aliphatic carbocycles. The lowest BCUT2D eigenvalue weighted by Crippen LogP contribution is -2.52. The Labute approximate surface area is 121 Å².